The topological polar surface area (TPSA) is 47.4 Å². The Kier molecular flexibility index (Phi) is 4.54. The highest BCUT2D eigenvalue weighted by molar-refractivity contribution is 5.94. The molecule has 1 saturated heterocycles. The summed E-state index contributed by atoms with van der Waals surface area (Å²) < 4.78 is 7.24. The summed E-state index contributed by atoms with van der Waals surface area (Å²) in [5.41, 5.74) is 4.74. The lowest BCUT2D eigenvalue weighted by Gasteiger charge is -2.26. The van der Waals surface area contributed by atoms with Gasteiger partial charge >= 0.3 is 0 Å². The van der Waals surface area contributed by atoms with E-state index in [1.165, 1.54) is 0 Å². The first-order valence-corrected chi connectivity index (χ1v) is 8.82. The maximum atomic E-state index is 12.6. The van der Waals surface area contributed by atoms with E-state index in [0.717, 1.165) is 22.6 Å². The predicted molar refractivity (Wildman–Crippen MR) is 100 cm³/mol. The Bertz CT molecular complexity index is 895. The number of aromatic nitrogens is 2. The molecule has 0 radical (unpaired) electrons. The number of rotatable bonds is 3. The van der Waals surface area contributed by atoms with Gasteiger partial charge in [-0.25, -0.2) is 4.68 Å². The lowest BCUT2D eigenvalue weighted by atomic mass is 10.1. The molecule has 0 atom stereocenters. The third-order valence-corrected chi connectivity index (χ3v) is 4.56. The first kappa shape index (κ1) is 16.5. The largest absolute Gasteiger partial charge is 0.378 e. The van der Waals surface area contributed by atoms with Crippen molar-refractivity contribution in [2.45, 2.75) is 6.92 Å². The second kappa shape index (κ2) is 7.14. The fourth-order valence-corrected chi connectivity index (χ4v) is 3.21. The molecule has 1 fully saturated rings. The quantitative estimate of drug-likeness (QED) is 0.730. The molecule has 5 heteroatoms. The minimum absolute atomic E-state index is 0.0554. The average molecular weight is 347 g/mol. The van der Waals surface area contributed by atoms with Crippen LogP contribution in [0.1, 0.15) is 16.1 Å². The SMILES string of the molecule is Cc1cc(-c2ccccc2)n(-c2ccc(C(=O)N3CCOCC3)cc2)n1. The van der Waals surface area contributed by atoms with Gasteiger partial charge in [0.2, 0.25) is 0 Å². The van der Waals surface area contributed by atoms with Gasteiger partial charge in [-0.2, -0.15) is 5.10 Å². The summed E-state index contributed by atoms with van der Waals surface area (Å²) in [6.45, 7) is 4.50. The van der Waals surface area contributed by atoms with Crippen molar-refractivity contribution < 1.29 is 9.53 Å². The van der Waals surface area contributed by atoms with Crippen LogP contribution in [0.4, 0.5) is 0 Å². The van der Waals surface area contributed by atoms with Gasteiger partial charge in [-0.1, -0.05) is 30.3 Å². The van der Waals surface area contributed by atoms with E-state index in [-0.39, 0.29) is 5.91 Å². The molecule has 0 spiro atoms. The number of morpholine rings is 1. The molecule has 3 aromatic rings. The number of hydrogen-bond acceptors (Lipinski definition) is 3. The van der Waals surface area contributed by atoms with Crippen LogP contribution in [0, 0.1) is 6.92 Å². The Morgan fingerprint density at radius 2 is 1.69 bits per heavy atom. The summed E-state index contributed by atoms with van der Waals surface area (Å²) in [6, 6.07) is 19.9. The fraction of sp³-hybridized carbons (Fsp3) is 0.238. The zero-order valence-electron chi connectivity index (χ0n) is 14.8. The lowest BCUT2D eigenvalue weighted by molar-refractivity contribution is 0.0303. The summed E-state index contributed by atoms with van der Waals surface area (Å²) in [6.07, 6.45) is 0. The number of amides is 1. The Morgan fingerprint density at radius 1 is 1.00 bits per heavy atom. The van der Waals surface area contributed by atoms with Crippen LogP contribution in [0.15, 0.2) is 60.7 Å². The second-order valence-corrected chi connectivity index (χ2v) is 6.40. The highest BCUT2D eigenvalue weighted by atomic mass is 16.5. The van der Waals surface area contributed by atoms with E-state index in [0.29, 0.717) is 31.9 Å². The van der Waals surface area contributed by atoms with Gasteiger partial charge in [-0.3, -0.25) is 4.79 Å². The first-order valence-electron chi connectivity index (χ1n) is 8.82. The van der Waals surface area contributed by atoms with Crippen molar-refractivity contribution in [1.82, 2.24) is 14.7 Å². The molecule has 0 bridgehead atoms. The van der Waals surface area contributed by atoms with Gasteiger partial charge in [0, 0.05) is 24.2 Å². The van der Waals surface area contributed by atoms with E-state index in [2.05, 4.69) is 23.3 Å². The average Bonchev–Trinajstić information content (AvgIpc) is 3.11. The van der Waals surface area contributed by atoms with Crippen molar-refractivity contribution in [1.29, 1.82) is 0 Å². The first-order chi connectivity index (χ1) is 12.7. The van der Waals surface area contributed by atoms with Gasteiger partial charge in [-0.05, 0) is 37.3 Å². The molecule has 0 N–H and O–H groups in total. The minimum Gasteiger partial charge on any atom is -0.378 e. The molecule has 5 nitrogen and oxygen atoms in total. The molecule has 2 aromatic carbocycles. The van der Waals surface area contributed by atoms with Crippen molar-refractivity contribution in [3.05, 3.63) is 71.9 Å². The van der Waals surface area contributed by atoms with Crippen LogP contribution in [0.3, 0.4) is 0 Å². The Balaban J connectivity index is 1.63. The highest BCUT2D eigenvalue weighted by Crippen LogP contribution is 2.24. The van der Waals surface area contributed by atoms with Gasteiger partial charge in [0.05, 0.1) is 30.3 Å². The zero-order chi connectivity index (χ0) is 17.9. The van der Waals surface area contributed by atoms with Crippen LogP contribution in [-0.2, 0) is 4.74 Å². The molecule has 4 rings (SSSR count). The van der Waals surface area contributed by atoms with E-state index >= 15 is 0 Å². The van der Waals surface area contributed by atoms with E-state index in [4.69, 9.17) is 4.74 Å². The number of ether oxygens (including phenoxy) is 1. The standard InChI is InChI=1S/C21H21N3O2/c1-16-15-20(17-5-3-2-4-6-17)24(22-16)19-9-7-18(8-10-19)21(25)23-11-13-26-14-12-23/h2-10,15H,11-14H2,1H3. The van der Waals surface area contributed by atoms with Gasteiger partial charge in [0.1, 0.15) is 0 Å². The number of nitrogens with zero attached hydrogens (tertiary/aromatic N) is 3. The summed E-state index contributed by atoms with van der Waals surface area (Å²) in [4.78, 5) is 14.4. The molecule has 132 valence electrons. The molecule has 1 amide bonds. The van der Waals surface area contributed by atoms with Crippen LogP contribution in [0.25, 0.3) is 16.9 Å². The second-order valence-electron chi connectivity index (χ2n) is 6.40. The van der Waals surface area contributed by atoms with Crippen LogP contribution in [0.5, 0.6) is 0 Å². The van der Waals surface area contributed by atoms with Gasteiger partial charge in [0.25, 0.3) is 5.91 Å². The van der Waals surface area contributed by atoms with Crippen molar-refractivity contribution in [3.63, 3.8) is 0 Å². The Morgan fingerprint density at radius 3 is 2.38 bits per heavy atom. The number of carbonyl (C=O) groups excluding carboxylic acids is 1. The Labute approximate surface area is 152 Å². The van der Waals surface area contributed by atoms with Crippen molar-refractivity contribution in [2.24, 2.45) is 0 Å². The van der Waals surface area contributed by atoms with Crippen LogP contribution < -0.4 is 0 Å². The smallest absolute Gasteiger partial charge is 0.254 e. The maximum absolute atomic E-state index is 12.6. The van der Waals surface area contributed by atoms with Gasteiger partial charge in [0.15, 0.2) is 0 Å². The van der Waals surface area contributed by atoms with E-state index in [1.54, 1.807) is 0 Å². The van der Waals surface area contributed by atoms with Gasteiger partial charge in [-0.15, -0.1) is 0 Å². The lowest BCUT2D eigenvalue weighted by Crippen LogP contribution is -2.40. The molecule has 26 heavy (non-hydrogen) atoms. The van der Waals surface area contributed by atoms with E-state index in [1.807, 2.05) is 59.0 Å². The number of aryl methyl sites for hydroxylation is 1. The van der Waals surface area contributed by atoms with E-state index < -0.39 is 0 Å². The van der Waals surface area contributed by atoms with Crippen molar-refractivity contribution >= 4 is 5.91 Å². The molecule has 0 aliphatic carbocycles. The van der Waals surface area contributed by atoms with Gasteiger partial charge < -0.3 is 9.64 Å². The highest BCUT2D eigenvalue weighted by Gasteiger charge is 2.18. The normalized spacial score (nSPS) is 14.4. The molecular formula is C21H21N3O2. The minimum atomic E-state index is 0.0554. The molecule has 1 aromatic heterocycles. The zero-order valence-corrected chi connectivity index (χ0v) is 14.8. The summed E-state index contributed by atoms with van der Waals surface area (Å²) in [5, 5.41) is 4.63. The molecule has 0 unspecified atom stereocenters. The van der Waals surface area contributed by atoms with Crippen LogP contribution >= 0.6 is 0 Å². The van der Waals surface area contributed by atoms with Crippen molar-refractivity contribution in [3.8, 4) is 16.9 Å². The predicted octanol–water partition coefficient (Wildman–Crippen LogP) is 3.32. The van der Waals surface area contributed by atoms with Crippen LogP contribution in [0.2, 0.25) is 0 Å². The Hall–Kier alpha value is -2.92. The molecule has 0 saturated carbocycles. The van der Waals surface area contributed by atoms with Crippen molar-refractivity contribution in [2.75, 3.05) is 26.3 Å². The number of benzene rings is 2. The summed E-state index contributed by atoms with van der Waals surface area (Å²) >= 11 is 0. The molecule has 1 aliphatic heterocycles. The van der Waals surface area contributed by atoms with Crippen LogP contribution in [-0.4, -0.2) is 46.9 Å². The monoisotopic (exact) mass is 347 g/mol. The molecule has 1 aliphatic rings. The summed E-state index contributed by atoms with van der Waals surface area (Å²) in [5.74, 6) is 0.0554. The number of carbonyl (C=O) groups is 1. The maximum Gasteiger partial charge on any atom is 0.254 e. The van der Waals surface area contributed by atoms with E-state index in [9.17, 15) is 4.79 Å². The molecular weight excluding hydrogens is 326 g/mol. The molecule has 2 heterocycles. The third kappa shape index (κ3) is 3.26. The number of hydrogen-bond donors (Lipinski definition) is 0. The fourth-order valence-electron chi connectivity index (χ4n) is 3.21. The summed E-state index contributed by atoms with van der Waals surface area (Å²) in [7, 11) is 0. The third-order valence-electron chi connectivity index (χ3n) is 4.56.